The molecule has 0 spiro atoms. The molecule has 3 nitrogen and oxygen atoms in total. The summed E-state index contributed by atoms with van der Waals surface area (Å²) < 4.78 is 0. The van der Waals surface area contributed by atoms with E-state index in [2.05, 4.69) is 16.0 Å². The zero-order chi connectivity index (χ0) is 7.68. The highest BCUT2D eigenvalue weighted by molar-refractivity contribution is 5.73. The van der Waals surface area contributed by atoms with E-state index < -0.39 is 0 Å². The average molecular weight is 145 g/mol. The zero-order valence-electron chi connectivity index (χ0n) is 5.66. The van der Waals surface area contributed by atoms with Crippen molar-refractivity contribution < 1.29 is 0 Å². The molecule has 0 aliphatic carbocycles. The molecular formula is C8H5N2O. The minimum absolute atomic E-state index is 0.0249. The summed E-state index contributed by atoms with van der Waals surface area (Å²) in [7, 11) is 0. The fraction of sp³-hybridized carbons (Fsp3) is 0. The van der Waals surface area contributed by atoms with E-state index in [-0.39, 0.29) is 5.43 Å². The van der Waals surface area contributed by atoms with Crippen LogP contribution >= 0.6 is 0 Å². The first-order valence-corrected chi connectivity index (χ1v) is 3.21. The van der Waals surface area contributed by atoms with E-state index in [4.69, 9.17) is 0 Å². The zero-order valence-corrected chi connectivity index (χ0v) is 5.66. The normalized spacial score (nSPS) is 10.2. The van der Waals surface area contributed by atoms with E-state index in [9.17, 15) is 4.79 Å². The maximum Gasteiger partial charge on any atom is 0.191 e. The first-order valence-electron chi connectivity index (χ1n) is 3.21. The fourth-order valence-electron chi connectivity index (χ4n) is 0.949. The molecule has 1 N–H and O–H groups in total. The van der Waals surface area contributed by atoms with Crippen molar-refractivity contribution in [3.63, 3.8) is 0 Å². The number of aromatic amines is 1. The molecule has 2 aromatic rings. The number of fused-ring (bicyclic) bond motifs is 1. The van der Waals surface area contributed by atoms with Gasteiger partial charge in [-0.15, -0.1) is 0 Å². The summed E-state index contributed by atoms with van der Waals surface area (Å²) >= 11 is 0. The Hall–Kier alpha value is -1.64. The van der Waals surface area contributed by atoms with Crippen molar-refractivity contribution in [1.29, 1.82) is 0 Å². The largest absolute Gasteiger partial charge is 0.346 e. The van der Waals surface area contributed by atoms with Gasteiger partial charge in [-0.2, -0.15) is 0 Å². The van der Waals surface area contributed by atoms with Gasteiger partial charge in [-0.05, 0) is 6.07 Å². The Bertz CT molecular complexity index is 428. The summed E-state index contributed by atoms with van der Waals surface area (Å²) in [5, 5.41) is 0.579. The fourth-order valence-corrected chi connectivity index (χ4v) is 0.949. The van der Waals surface area contributed by atoms with E-state index in [0.717, 1.165) is 0 Å². The number of nitrogens with zero attached hydrogens (tertiary/aromatic N) is 1. The quantitative estimate of drug-likeness (QED) is 0.593. The number of rotatable bonds is 0. The minimum atomic E-state index is -0.0249. The van der Waals surface area contributed by atoms with E-state index in [0.29, 0.717) is 11.0 Å². The maximum absolute atomic E-state index is 11.1. The van der Waals surface area contributed by atoms with Gasteiger partial charge in [0.2, 0.25) is 0 Å². The van der Waals surface area contributed by atoms with Crippen molar-refractivity contribution in [1.82, 2.24) is 9.97 Å². The number of hydrogen-bond acceptors (Lipinski definition) is 2. The first-order chi connectivity index (χ1) is 5.38. The molecule has 53 valence electrons. The second-order valence-electron chi connectivity index (χ2n) is 2.17. The smallest absolute Gasteiger partial charge is 0.191 e. The predicted octanol–water partition coefficient (Wildman–Crippen LogP) is 0.723. The van der Waals surface area contributed by atoms with Gasteiger partial charge in [0.15, 0.2) is 5.43 Å². The Morgan fingerprint density at radius 1 is 1.55 bits per heavy atom. The second-order valence-corrected chi connectivity index (χ2v) is 2.17. The molecule has 0 aromatic carbocycles. The molecule has 1 radical (unpaired) electrons. The molecule has 2 rings (SSSR count). The summed E-state index contributed by atoms with van der Waals surface area (Å²) in [5.74, 6) is 0. The highest BCUT2D eigenvalue weighted by Crippen LogP contribution is 1.98. The topological polar surface area (TPSA) is 45.8 Å². The average Bonchev–Trinajstić information content (AvgIpc) is 2.06. The van der Waals surface area contributed by atoms with Crippen LogP contribution in [-0.4, -0.2) is 9.97 Å². The van der Waals surface area contributed by atoms with Gasteiger partial charge in [0.25, 0.3) is 0 Å². The van der Waals surface area contributed by atoms with Crippen molar-refractivity contribution in [3.8, 4) is 0 Å². The SMILES string of the molecule is O=c1cc[nH]c2nc[c]cc12. The lowest BCUT2D eigenvalue weighted by atomic mass is 10.3. The molecule has 3 heteroatoms. The van der Waals surface area contributed by atoms with Gasteiger partial charge in [0.1, 0.15) is 5.65 Å². The molecule has 0 unspecified atom stereocenters. The maximum atomic E-state index is 11.1. The molecule has 0 saturated carbocycles. The highest BCUT2D eigenvalue weighted by atomic mass is 16.1. The standard InChI is InChI=1S/C8H5N2O/c11-7-3-5-10-8-6(7)2-1-4-9-8/h2-5H,(H,9,10,11). The summed E-state index contributed by atoms with van der Waals surface area (Å²) in [6.07, 6.45) is 3.11. The van der Waals surface area contributed by atoms with Crippen molar-refractivity contribution in [3.05, 3.63) is 40.8 Å². The molecule has 0 saturated heterocycles. The molecule has 2 heterocycles. The van der Waals surface area contributed by atoms with Gasteiger partial charge in [0.05, 0.1) is 5.39 Å². The highest BCUT2D eigenvalue weighted by Gasteiger charge is 1.94. The lowest BCUT2D eigenvalue weighted by Crippen LogP contribution is -2.00. The van der Waals surface area contributed by atoms with Crippen LogP contribution in [0.1, 0.15) is 0 Å². The Labute approximate surface area is 62.7 Å². The molecule has 0 bridgehead atoms. The Balaban J connectivity index is 3.03. The van der Waals surface area contributed by atoms with Crippen LogP contribution in [0.2, 0.25) is 0 Å². The summed E-state index contributed by atoms with van der Waals surface area (Å²) in [5.41, 5.74) is 0.583. The minimum Gasteiger partial charge on any atom is -0.346 e. The number of nitrogens with one attached hydrogen (secondary N) is 1. The molecule has 0 aliphatic rings. The third-order valence-electron chi connectivity index (χ3n) is 1.47. The van der Waals surface area contributed by atoms with Crippen LogP contribution in [0.25, 0.3) is 11.0 Å². The number of aromatic nitrogens is 2. The van der Waals surface area contributed by atoms with E-state index in [1.165, 1.54) is 12.3 Å². The molecule has 11 heavy (non-hydrogen) atoms. The van der Waals surface area contributed by atoms with Crippen LogP contribution in [0.5, 0.6) is 0 Å². The van der Waals surface area contributed by atoms with Crippen LogP contribution in [0.4, 0.5) is 0 Å². The van der Waals surface area contributed by atoms with E-state index in [1.807, 2.05) is 0 Å². The Kier molecular flexibility index (Phi) is 1.22. The first kappa shape index (κ1) is 6.09. The van der Waals surface area contributed by atoms with Crippen LogP contribution in [0, 0.1) is 6.07 Å². The summed E-state index contributed by atoms with van der Waals surface area (Å²) in [6, 6.07) is 5.84. The number of hydrogen-bond donors (Lipinski definition) is 1. The molecular weight excluding hydrogens is 140 g/mol. The van der Waals surface area contributed by atoms with Crippen molar-refractivity contribution in [2.45, 2.75) is 0 Å². The molecule has 0 aliphatic heterocycles. The van der Waals surface area contributed by atoms with Gasteiger partial charge in [-0.25, -0.2) is 4.98 Å². The van der Waals surface area contributed by atoms with Crippen LogP contribution < -0.4 is 5.43 Å². The third kappa shape index (κ3) is 0.902. The lowest BCUT2D eigenvalue weighted by molar-refractivity contribution is 1.27. The third-order valence-corrected chi connectivity index (χ3v) is 1.47. The van der Waals surface area contributed by atoms with Crippen molar-refractivity contribution in [2.24, 2.45) is 0 Å². The van der Waals surface area contributed by atoms with Gasteiger partial charge in [0, 0.05) is 24.5 Å². The molecule has 0 fully saturated rings. The van der Waals surface area contributed by atoms with Gasteiger partial charge in [-0.1, -0.05) is 0 Å². The Morgan fingerprint density at radius 2 is 2.45 bits per heavy atom. The van der Waals surface area contributed by atoms with Crippen molar-refractivity contribution in [2.75, 3.05) is 0 Å². The van der Waals surface area contributed by atoms with Crippen LogP contribution in [0.3, 0.4) is 0 Å². The molecule has 0 amide bonds. The van der Waals surface area contributed by atoms with Crippen molar-refractivity contribution >= 4 is 11.0 Å². The van der Waals surface area contributed by atoms with Gasteiger partial charge in [-0.3, -0.25) is 4.79 Å². The lowest BCUT2D eigenvalue weighted by Gasteiger charge is -1.91. The summed E-state index contributed by atoms with van der Waals surface area (Å²) in [6.45, 7) is 0. The summed E-state index contributed by atoms with van der Waals surface area (Å²) in [4.78, 5) is 17.9. The predicted molar refractivity (Wildman–Crippen MR) is 41.2 cm³/mol. The van der Waals surface area contributed by atoms with Gasteiger partial charge < -0.3 is 4.98 Å². The van der Waals surface area contributed by atoms with Crippen LogP contribution in [-0.2, 0) is 0 Å². The van der Waals surface area contributed by atoms with Gasteiger partial charge >= 0.3 is 0 Å². The monoisotopic (exact) mass is 145 g/mol. The molecule has 2 aromatic heterocycles. The van der Waals surface area contributed by atoms with E-state index >= 15 is 0 Å². The second kappa shape index (κ2) is 2.20. The van der Waals surface area contributed by atoms with Crippen LogP contribution in [0.15, 0.2) is 29.3 Å². The number of H-pyrrole nitrogens is 1. The molecule has 0 atom stereocenters. The van der Waals surface area contributed by atoms with E-state index in [1.54, 1.807) is 12.3 Å². The Morgan fingerprint density at radius 3 is 3.27 bits per heavy atom. The number of pyridine rings is 2.